The predicted molar refractivity (Wildman–Crippen MR) is 66.4 cm³/mol. The minimum atomic E-state index is -1.04. The highest BCUT2D eigenvalue weighted by Crippen LogP contribution is 2.28. The minimum absolute atomic E-state index is 0.105. The Labute approximate surface area is 109 Å². The number of oxazole rings is 1. The van der Waals surface area contributed by atoms with Crippen LogP contribution in [0.15, 0.2) is 43.8 Å². The molecule has 0 spiro atoms. The van der Waals surface area contributed by atoms with E-state index in [-0.39, 0.29) is 11.5 Å². The third kappa shape index (κ3) is 1.70. The lowest BCUT2D eigenvalue weighted by atomic mass is 10.2. The lowest BCUT2D eigenvalue weighted by molar-refractivity contribution is 0.0699. The van der Waals surface area contributed by atoms with Gasteiger partial charge in [0.25, 0.3) is 5.89 Å². The van der Waals surface area contributed by atoms with Crippen LogP contribution in [0.1, 0.15) is 10.4 Å². The number of fused-ring (bicyclic) bond motifs is 1. The first-order chi connectivity index (χ1) is 8.65. The Bertz CT molecular complexity index is 743. The van der Waals surface area contributed by atoms with Crippen molar-refractivity contribution in [3.63, 3.8) is 0 Å². The molecule has 2 aromatic heterocycles. The van der Waals surface area contributed by atoms with Crippen molar-refractivity contribution < 1.29 is 18.7 Å². The van der Waals surface area contributed by atoms with Crippen LogP contribution in [0.3, 0.4) is 0 Å². The van der Waals surface area contributed by atoms with E-state index < -0.39 is 5.97 Å². The molecule has 0 bridgehead atoms. The van der Waals surface area contributed by atoms with E-state index in [0.29, 0.717) is 21.5 Å². The van der Waals surface area contributed by atoms with E-state index in [1.165, 1.54) is 6.07 Å². The monoisotopic (exact) mass is 307 g/mol. The van der Waals surface area contributed by atoms with Crippen LogP contribution in [0.5, 0.6) is 0 Å². The van der Waals surface area contributed by atoms with Crippen molar-refractivity contribution >= 4 is 33.0 Å². The number of para-hydroxylation sites is 1. The van der Waals surface area contributed by atoms with Gasteiger partial charge >= 0.3 is 5.97 Å². The highest BCUT2D eigenvalue weighted by Gasteiger charge is 2.16. The van der Waals surface area contributed by atoms with Gasteiger partial charge in [0.1, 0.15) is 5.52 Å². The molecule has 0 saturated heterocycles. The topological polar surface area (TPSA) is 76.5 Å². The molecule has 0 saturated carbocycles. The molecule has 2 heterocycles. The maximum atomic E-state index is 11.1. The number of benzene rings is 1. The average molecular weight is 308 g/mol. The summed E-state index contributed by atoms with van der Waals surface area (Å²) in [6, 6.07) is 8.15. The molecule has 0 atom stereocenters. The highest BCUT2D eigenvalue weighted by atomic mass is 79.9. The number of aromatic carboxylic acids is 1. The Kier molecular flexibility index (Phi) is 2.45. The Morgan fingerprint density at radius 2 is 2.06 bits per heavy atom. The van der Waals surface area contributed by atoms with Crippen molar-refractivity contribution in [2.75, 3.05) is 0 Å². The minimum Gasteiger partial charge on any atom is -0.478 e. The van der Waals surface area contributed by atoms with Gasteiger partial charge in [-0.25, -0.2) is 9.78 Å². The van der Waals surface area contributed by atoms with Gasteiger partial charge < -0.3 is 13.9 Å². The second-order valence-electron chi connectivity index (χ2n) is 3.58. The predicted octanol–water partition coefficient (Wildman–Crippen LogP) is 3.55. The van der Waals surface area contributed by atoms with Crippen molar-refractivity contribution in [1.29, 1.82) is 0 Å². The quantitative estimate of drug-likeness (QED) is 0.783. The van der Waals surface area contributed by atoms with Crippen molar-refractivity contribution in [2.45, 2.75) is 0 Å². The largest absolute Gasteiger partial charge is 0.478 e. The zero-order valence-corrected chi connectivity index (χ0v) is 10.5. The van der Waals surface area contributed by atoms with Gasteiger partial charge in [-0.1, -0.05) is 6.07 Å². The molecule has 1 N–H and O–H groups in total. The second-order valence-corrected chi connectivity index (χ2v) is 4.36. The summed E-state index contributed by atoms with van der Waals surface area (Å²) >= 11 is 3.18. The van der Waals surface area contributed by atoms with Crippen LogP contribution in [0.25, 0.3) is 22.8 Å². The fraction of sp³-hybridized carbons (Fsp3) is 0. The summed E-state index contributed by atoms with van der Waals surface area (Å²) in [6.45, 7) is 0. The van der Waals surface area contributed by atoms with Crippen LogP contribution in [-0.2, 0) is 0 Å². The molecular formula is C12H6BrNO4. The number of carbonyl (C=O) groups is 1. The summed E-state index contributed by atoms with van der Waals surface area (Å²) < 4.78 is 11.3. The smallest absolute Gasteiger partial charge is 0.338 e. The van der Waals surface area contributed by atoms with E-state index in [1.54, 1.807) is 24.3 Å². The zero-order valence-electron chi connectivity index (χ0n) is 8.88. The maximum absolute atomic E-state index is 11.1. The average Bonchev–Trinajstić information content (AvgIpc) is 2.93. The van der Waals surface area contributed by atoms with E-state index in [0.717, 1.165) is 0 Å². The van der Waals surface area contributed by atoms with Crippen LogP contribution in [0.2, 0.25) is 0 Å². The third-order valence-electron chi connectivity index (χ3n) is 2.43. The van der Waals surface area contributed by atoms with Gasteiger partial charge in [0.15, 0.2) is 16.0 Å². The molecular weight excluding hydrogens is 302 g/mol. The van der Waals surface area contributed by atoms with Crippen LogP contribution in [0, 0.1) is 0 Å². The van der Waals surface area contributed by atoms with Crippen LogP contribution < -0.4 is 0 Å². The van der Waals surface area contributed by atoms with Gasteiger partial charge in [-0.3, -0.25) is 0 Å². The standard InChI is InChI=1S/C12H6BrNO4/c13-9-5-4-8(17-9)11-14-10-6(12(15)16)2-1-3-7(10)18-11/h1-5H,(H,15,16). The molecule has 0 radical (unpaired) electrons. The summed E-state index contributed by atoms with van der Waals surface area (Å²) in [7, 11) is 0. The van der Waals surface area contributed by atoms with Gasteiger partial charge in [-0.15, -0.1) is 0 Å². The maximum Gasteiger partial charge on any atom is 0.338 e. The lowest BCUT2D eigenvalue weighted by Gasteiger charge is -1.92. The summed E-state index contributed by atoms with van der Waals surface area (Å²) in [5.41, 5.74) is 0.832. The molecule has 5 nitrogen and oxygen atoms in total. The molecule has 1 aromatic carbocycles. The Morgan fingerprint density at radius 1 is 1.22 bits per heavy atom. The van der Waals surface area contributed by atoms with E-state index in [4.69, 9.17) is 13.9 Å². The fourth-order valence-electron chi connectivity index (χ4n) is 1.66. The van der Waals surface area contributed by atoms with Crippen molar-refractivity contribution in [1.82, 2.24) is 4.98 Å². The molecule has 0 amide bonds. The molecule has 0 aliphatic rings. The molecule has 3 rings (SSSR count). The number of rotatable bonds is 2. The fourth-order valence-corrected chi connectivity index (χ4v) is 1.96. The first-order valence-corrected chi connectivity index (χ1v) is 5.83. The molecule has 0 aliphatic heterocycles. The summed E-state index contributed by atoms with van der Waals surface area (Å²) in [4.78, 5) is 15.2. The van der Waals surface area contributed by atoms with E-state index >= 15 is 0 Å². The summed E-state index contributed by atoms with van der Waals surface area (Å²) in [5.74, 6) is -0.347. The number of carboxylic acids is 1. The first kappa shape index (κ1) is 11.0. The van der Waals surface area contributed by atoms with Crippen LogP contribution in [-0.4, -0.2) is 16.1 Å². The first-order valence-electron chi connectivity index (χ1n) is 5.04. The van der Waals surface area contributed by atoms with Gasteiger partial charge in [0.2, 0.25) is 0 Å². The number of aromatic nitrogens is 1. The van der Waals surface area contributed by atoms with Gasteiger partial charge in [0.05, 0.1) is 5.56 Å². The number of furan rings is 1. The Morgan fingerprint density at radius 3 is 2.72 bits per heavy atom. The summed E-state index contributed by atoms with van der Waals surface area (Å²) in [5, 5.41) is 9.05. The zero-order chi connectivity index (χ0) is 12.7. The molecule has 6 heteroatoms. The van der Waals surface area contributed by atoms with Gasteiger partial charge in [-0.2, -0.15) is 0 Å². The molecule has 0 aliphatic carbocycles. The highest BCUT2D eigenvalue weighted by molar-refractivity contribution is 9.10. The summed E-state index contributed by atoms with van der Waals surface area (Å²) in [6.07, 6.45) is 0. The van der Waals surface area contributed by atoms with Crippen molar-refractivity contribution in [2.24, 2.45) is 0 Å². The molecule has 90 valence electrons. The van der Waals surface area contributed by atoms with Crippen molar-refractivity contribution in [3.05, 3.63) is 40.6 Å². The van der Waals surface area contributed by atoms with Crippen LogP contribution in [0.4, 0.5) is 0 Å². The number of carboxylic acid groups (broad SMARTS) is 1. The Balaban J connectivity index is 2.22. The number of hydrogen-bond acceptors (Lipinski definition) is 4. The third-order valence-corrected chi connectivity index (χ3v) is 2.86. The molecule has 3 aromatic rings. The van der Waals surface area contributed by atoms with E-state index in [1.807, 2.05) is 0 Å². The SMILES string of the molecule is O=C(O)c1cccc2oc(-c3ccc(Br)o3)nc12. The number of halogens is 1. The van der Waals surface area contributed by atoms with Gasteiger partial charge in [0, 0.05) is 0 Å². The van der Waals surface area contributed by atoms with Gasteiger partial charge in [-0.05, 0) is 40.2 Å². The van der Waals surface area contributed by atoms with E-state index in [2.05, 4.69) is 20.9 Å². The normalized spacial score (nSPS) is 10.9. The molecule has 18 heavy (non-hydrogen) atoms. The van der Waals surface area contributed by atoms with E-state index in [9.17, 15) is 4.79 Å². The number of nitrogens with zero attached hydrogens (tertiary/aromatic N) is 1. The number of hydrogen-bond donors (Lipinski definition) is 1. The molecule has 0 unspecified atom stereocenters. The van der Waals surface area contributed by atoms with Crippen molar-refractivity contribution in [3.8, 4) is 11.7 Å². The second kappa shape index (κ2) is 3.99. The Hall–Kier alpha value is -2.08. The molecule has 0 fully saturated rings. The van der Waals surface area contributed by atoms with Crippen LogP contribution >= 0.6 is 15.9 Å². The lowest BCUT2D eigenvalue weighted by Crippen LogP contribution is -1.96.